The van der Waals surface area contributed by atoms with Gasteiger partial charge >= 0.3 is 0 Å². The number of hydrogen-bond acceptors (Lipinski definition) is 2. The summed E-state index contributed by atoms with van der Waals surface area (Å²) in [6.07, 6.45) is 2.22. The van der Waals surface area contributed by atoms with Gasteiger partial charge in [-0.25, -0.2) is 0 Å². The van der Waals surface area contributed by atoms with Gasteiger partial charge in [0, 0.05) is 30.9 Å². The lowest BCUT2D eigenvalue weighted by atomic mass is 10.1. The molecule has 1 aliphatic carbocycles. The van der Waals surface area contributed by atoms with Crippen LogP contribution in [0.25, 0.3) is 0 Å². The van der Waals surface area contributed by atoms with E-state index < -0.39 is 0 Å². The van der Waals surface area contributed by atoms with E-state index in [4.69, 9.17) is 0 Å². The van der Waals surface area contributed by atoms with Gasteiger partial charge in [-0.2, -0.15) is 0 Å². The van der Waals surface area contributed by atoms with Crippen molar-refractivity contribution in [1.29, 1.82) is 0 Å². The molecule has 3 rings (SSSR count). The van der Waals surface area contributed by atoms with Crippen LogP contribution < -0.4 is 10.2 Å². The summed E-state index contributed by atoms with van der Waals surface area (Å²) in [5.74, 6) is 0.0347. The molecule has 0 aliphatic heterocycles. The molecule has 0 unspecified atom stereocenters. The standard InChI is InChI=1S/C18H20N2O/c1-20(13-14-6-3-2-4-7-14)17-9-5-8-15(12-17)18(21)19-16-10-11-16/h2-9,12,16H,10-11,13H2,1H3,(H,19,21). The fourth-order valence-electron chi connectivity index (χ4n) is 2.33. The second-order valence-corrected chi connectivity index (χ2v) is 5.64. The highest BCUT2D eigenvalue weighted by Gasteiger charge is 2.23. The number of nitrogens with one attached hydrogen (secondary N) is 1. The van der Waals surface area contributed by atoms with Gasteiger partial charge in [0.15, 0.2) is 0 Å². The van der Waals surface area contributed by atoms with Crippen LogP contribution in [0.3, 0.4) is 0 Å². The number of hydrogen-bond donors (Lipinski definition) is 1. The maximum absolute atomic E-state index is 12.1. The third-order valence-corrected chi connectivity index (χ3v) is 3.72. The van der Waals surface area contributed by atoms with Gasteiger partial charge in [0.25, 0.3) is 5.91 Å². The molecule has 0 spiro atoms. The molecule has 1 N–H and O–H groups in total. The fraction of sp³-hybridized carbons (Fsp3) is 0.278. The van der Waals surface area contributed by atoms with E-state index >= 15 is 0 Å². The summed E-state index contributed by atoms with van der Waals surface area (Å²) in [5, 5.41) is 3.03. The largest absolute Gasteiger partial charge is 0.370 e. The van der Waals surface area contributed by atoms with E-state index in [1.165, 1.54) is 5.56 Å². The highest BCUT2D eigenvalue weighted by molar-refractivity contribution is 5.95. The monoisotopic (exact) mass is 280 g/mol. The molecule has 1 aliphatic rings. The predicted molar refractivity (Wildman–Crippen MR) is 85.5 cm³/mol. The lowest BCUT2D eigenvalue weighted by Gasteiger charge is -2.20. The highest BCUT2D eigenvalue weighted by atomic mass is 16.1. The van der Waals surface area contributed by atoms with Gasteiger partial charge in [-0.3, -0.25) is 4.79 Å². The van der Waals surface area contributed by atoms with Gasteiger partial charge in [0.2, 0.25) is 0 Å². The molecule has 1 fully saturated rings. The smallest absolute Gasteiger partial charge is 0.251 e. The van der Waals surface area contributed by atoms with Crippen molar-refractivity contribution in [2.45, 2.75) is 25.4 Å². The maximum atomic E-state index is 12.1. The zero-order valence-corrected chi connectivity index (χ0v) is 12.3. The fourth-order valence-corrected chi connectivity index (χ4v) is 2.33. The quantitative estimate of drug-likeness (QED) is 0.912. The molecule has 1 saturated carbocycles. The van der Waals surface area contributed by atoms with E-state index in [2.05, 4.69) is 22.3 Å². The number of anilines is 1. The number of carbonyl (C=O) groups is 1. The van der Waals surface area contributed by atoms with E-state index in [-0.39, 0.29) is 5.91 Å². The number of benzene rings is 2. The molecule has 0 bridgehead atoms. The SMILES string of the molecule is CN(Cc1ccccc1)c1cccc(C(=O)NC2CC2)c1. The third kappa shape index (κ3) is 3.63. The Hall–Kier alpha value is -2.29. The molecule has 0 radical (unpaired) electrons. The van der Waals surface area contributed by atoms with Gasteiger partial charge in [-0.15, -0.1) is 0 Å². The first-order valence-corrected chi connectivity index (χ1v) is 7.38. The Morgan fingerprint density at radius 1 is 1.14 bits per heavy atom. The average Bonchev–Trinajstić information content (AvgIpc) is 3.32. The van der Waals surface area contributed by atoms with E-state index in [0.717, 1.165) is 30.6 Å². The Labute approximate surface area is 125 Å². The zero-order chi connectivity index (χ0) is 14.7. The lowest BCUT2D eigenvalue weighted by Crippen LogP contribution is -2.25. The molecule has 0 aromatic heterocycles. The van der Waals surface area contributed by atoms with Crippen molar-refractivity contribution < 1.29 is 4.79 Å². The molecule has 21 heavy (non-hydrogen) atoms. The van der Waals surface area contributed by atoms with Crippen LogP contribution in [0.15, 0.2) is 54.6 Å². The molecule has 0 heterocycles. The first-order chi connectivity index (χ1) is 10.2. The van der Waals surface area contributed by atoms with Crippen molar-refractivity contribution in [1.82, 2.24) is 5.32 Å². The van der Waals surface area contributed by atoms with Crippen LogP contribution in [0.1, 0.15) is 28.8 Å². The van der Waals surface area contributed by atoms with E-state index in [1.807, 2.05) is 49.5 Å². The van der Waals surface area contributed by atoms with Crippen LogP contribution >= 0.6 is 0 Å². The third-order valence-electron chi connectivity index (χ3n) is 3.72. The number of amides is 1. The summed E-state index contributed by atoms with van der Waals surface area (Å²) < 4.78 is 0. The van der Waals surface area contributed by atoms with Crippen molar-refractivity contribution >= 4 is 11.6 Å². The van der Waals surface area contributed by atoms with Crippen LogP contribution in [-0.4, -0.2) is 19.0 Å². The molecule has 0 saturated heterocycles. The van der Waals surface area contributed by atoms with Crippen molar-refractivity contribution in [3.8, 4) is 0 Å². The van der Waals surface area contributed by atoms with E-state index in [9.17, 15) is 4.79 Å². The van der Waals surface area contributed by atoms with Gasteiger partial charge in [0.1, 0.15) is 0 Å². The molecule has 108 valence electrons. The Balaban J connectivity index is 1.70. The van der Waals surface area contributed by atoms with Gasteiger partial charge in [-0.05, 0) is 36.6 Å². The first-order valence-electron chi connectivity index (χ1n) is 7.38. The minimum absolute atomic E-state index is 0.0347. The van der Waals surface area contributed by atoms with Crippen LogP contribution in [0.5, 0.6) is 0 Å². The summed E-state index contributed by atoms with van der Waals surface area (Å²) in [4.78, 5) is 14.3. The minimum Gasteiger partial charge on any atom is -0.370 e. The zero-order valence-electron chi connectivity index (χ0n) is 12.3. The lowest BCUT2D eigenvalue weighted by molar-refractivity contribution is 0.0951. The van der Waals surface area contributed by atoms with Gasteiger partial charge in [-0.1, -0.05) is 36.4 Å². The second-order valence-electron chi connectivity index (χ2n) is 5.64. The topological polar surface area (TPSA) is 32.3 Å². The van der Waals surface area contributed by atoms with Crippen molar-refractivity contribution in [3.63, 3.8) is 0 Å². The molecule has 3 heteroatoms. The summed E-state index contributed by atoms with van der Waals surface area (Å²) in [6, 6.07) is 18.5. The normalized spacial score (nSPS) is 13.8. The molecular weight excluding hydrogens is 260 g/mol. The van der Waals surface area contributed by atoms with Crippen LogP contribution in [0, 0.1) is 0 Å². The Morgan fingerprint density at radius 3 is 2.62 bits per heavy atom. The summed E-state index contributed by atoms with van der Waals surface area (Å²) in [5.41, 5.74) is 3.05. The Kier molecular flexibility index (Phi) is 3.91. The average molecular weight is 280 g/mol. The first kappa shape index (κ1) is 13.7. The highest BCUT2D eigenvalue weighted by Crippen LogP contribution is 2.21. The van der Waals surface area contributed by atoms with Crippen molar-refractivity contribution in [2.75, 3.05) is 11.9 Å². The second kappa shape index (κ2) is 6.00. The molecule has 1 amide bonds. The van der Waals surface area contributed by atoms with E-state index in [1.54, 1.807) is 0 Å². The summed E-state index contributed by atoms with van der Waals surface area (Å²) in [7, 11) is 2.05. The minimum atomic E-state index is 0.0347. The number of nitrogens with zero attached hydrogens (tertiary/aromatic N) is 1. The van der Waals surface area contributed by atoms with Crippen LogP contribution in [-0.2, 0) is 6.54 Å². The maximum Gasteiger partial charge on any atom is 0.251 e. The molecule has 2 aromatic carbocycles. The van der Waals surface area contributed by atoms with E-state index in [0.29, 0.717) is 6.04 Å². The predicted octanol–water partition coefficient (Wildman–Crippen LogP) is 3.22. The summed E-state index contributed by atoms with van der Waals surface area (Å²) >= 11 is 0. The van der Waals surface area contributed by atoms with Crippen LogP contribution in [0.4, 0.5) is 5.69 Å². The Morgan fingerprint density at radius 2 is 1.90 bits per heavy atom. The number of rotatable bonds is 5. The van der Waals surface area contributed by atoms with Gasteiger partial charge < -0.3 is 10.2 Å². The van der Waals surface area contributed by atoms with Crippen molar-refractivity contribution in [2.24, 2.45) is 0 Å². The Bertz CT molecular complexity index is 620. The van der Waals surface area contributed by atoms with Gasteiger partial charge in [0.05, 0.1) is 0 Å². The van der Waals surface area contributed by atoms with Crippen LogP contribution in [0.2, 0.25) is 0 Å². The van der Waals surface area contributed by atoms with Crippen molar-refractivity contribution in [3.05, 3.63) is 65.7 Å². The molecular formula is C18H20N2O. The molecule has 3 nitrogen and oxygen atoms in total. The molecule has 0 atom stereocenters. The summed E-state index contributed by atoms with van der Waals surface area (Å²) in [6.45, 7) is 0.828. The number of carbonyl (C=O) groups excluding carboxylic acids is 1. The molecule has 2 aromatic rings.